The quantitative estimate of drug-likeness (QED) is 0.710. The van der Waals surface area contributed by atoms with Crippen LogP contribution in [-0.4, -0.2) is 4.98 Å². The largest absolute Gasteiger partial charge is 0.397 e. The molecule has 1 atom stereocenters. The standard InChI is InChI=1S/C9H12ClN3/c10-9-7(3-6(11)4-13-9)8(12)5-1-2-5/h3-5,8H,1-2,11-12H2/t8-/m1/s1. The van der Waals surface area contributed by atoms with E-state index in [0.717, 1.165) is 5.56 Å². The number of hydrogen-bond donors (Lipinski definition) is 2. The molecule has 0 saturated heterocycles. The van der Waals surface area contributed by atoms with Crippen molar-refractivity contribution in [1.29, 1.82) is 0 Å². The Hall–Kier alpha value is -0.800. The second-order valence-corrected chi connectivity index (χ2v) is 3.87. The Labute approximate surface area is 82.1 Å². The molecule has 0 amide bonds. The summed E-state index contributed by atoms with van der Waals surface area (Å²) in [5.74, 6) is 0.570. The summed E-state index contributed by atoms with van der Waals surface area (Å²) >= 11 is 5.92. The summed E-state index contributed by atoms with van der Waals surface area (Å²) in [5, 5.41) is 0.480. The summed E-state index contributed by atoms with van der Waals surface area (Å²) in [6.45, 7) is 0. The lowest BCUT2D eigenvalue weighted by Crippen LogP contribution is -2.13. The van der Waals surface area contributed by atoms with E-state index in [-0.39, 0.29) is 6.04 Å². The molecule has 1 saturated carbocycles. The van der Waals surface area contributed by atoms with Crippen molar-refractivity contribution >= 4 is 17.3 Å². The smallest absolute Gasteiger partial charge is 0.133 e. The lowest BCUT2D eigenvalue weighted by molar-refractivity contribution is 0.631. The van der Waals surface area contributed by atoms with Gasteiger partial charge in [-0.25, -0.2) is 4.98 Å². The third-order valence-electron chi connectivity index (χ3n) is 2.38. The van der Waals surface area contributed by atoms with E-state index in [9.17, 15) is 0 Å². The van der Waals surface area contributed by atoms with Crippen molar-refractivity contribution in [2.75, 3.05) is 5.73 Å². The van der Waals surface area contributed by atoms with Gasteiger partial charge in [0.15, 0.2) is 0 Å². The van der Waals surface area contributed by atoms with Gasteiger partial charge in [-0.15, -0.1) is 0 Å². The van der Waals surface area contributed by atoms with Gasteiger partial charge in [0, 0.05) is 11.6 Å². The number of nitrogens with zero attached hydrogens (tertiary/aromatic N) is 1. The number of pyridine rings is 1. The normalized spacial score (nSPS) is 18.6. The van der Waals surface area contributed by atoms with Gasteiger partial charge in [0.05, 0.1) is 11.9 Å². The van der Waals surface area contributed by atoms with Crippen molar-refractivity contribution in [3.8, 4) is 0 Å². The lowest BCUT2D eigenvalue weighted by atomic mass is 10.1. The van der Waals surface area contributed by atoms with Crippen molar-refractivity contribution in [3.63, 3.8) is 0 Å². The highest BCUT2D eigenvalue weighted by Gasteiger charge is 2.31. The Morgan fingerprint density at radius 2 is 2.23 bits per heavy atom. The van der Waals surface area contributed by atoms with E-state index < -0.39 is 0 Å². The maximum atomic E-state index is 5.99. The van der Waals surface area contributed by atoms with Crippen LogP contribution in [0.1, 0.15) is 24.4 Å². The van der Waals surface area contributed by atoms with Crippen LogP contribution >= 0.6 is 11.6 Å². The fourth-order valence-electron chi connectivity index (χ4n) is 1.43. The van der Waals surface area contributed by atoms with Crippen molar-refractivity contribution < 1.29 is 0 Å². The number of nitrogens with two attached hydrogens (primary N) is 2. The summed E-state index contributed by atoms with van der Waals surface area (Å²) in [4.78, 5) is 3.97. The van der Waals surface area contributed by atoms with E-state index in [1.807, 2.05) is 6.07 Å². The minimum atomic E-state index is 0.00324. The van der Waals surface area contributed by atoms with Crippen LogP contribution in [0.4, 0.5) is 5.69 Å². The van der Waals surface area contributed by atoms with Gasteiger partial charge in [0.1, 0.15) is 5.15 Å². The molecule has 4 heteroatoms. The molecule has 0 unspecified atom stereocenters. The van der Waals surface area contributed by atoms with Crippen LogP contribution < -0.4 is 11.5 Å². The van der Waals surface area contributed by atoms with Gasteiger partial charge in [-0.1, -0.05) is 11.6 Å². The Morgan fingerprint density at radius 3 is 2.85 bits per heavy atom. The highest BCUT2D eigenvalue weighted by Crippen LogP contribution is 2.41. The minimum absolute atomic E-state index is 0.00324. The van der Waals surface area contributed by atoms with Gasteiger partial charge in [-0.3, -0.25) is 0 Å². The van der Waals surface area contributed by atoms with Crippen LogP contribution in [-0.2, 0) is 0 Å². The molecule has 3 nitrogen and oxygen atoms in total. The Kier molecular flexibility index (Phi) is 2.14. The van der Waals surface area contributed by atoms with Crippen LogP contribution in [0, 0.1) is 5.92 Å². The summed E-state index contributed by atoms with van der Waals surface area (Å²) in [7, 11) is 0. The molecular weight excluding hydrogens is 186 g/mol. The van der Waals surface area contributed by atoms with E-state index in [0.29, 0.717) is 16.8 Å². The highest BCUT2D eigenvalue weighted by atomic mass is 35.5. The number of aromatic nitrogens is 1. The third kappa shape index (κ3) is 1.76. The maximum Gasteiger partial charge on any atom is 0.133 e. The molecule has 1 heterocycles. The zero-order chi connectivity index (χ0) is 9.42. The van der Waals surface area contributed by atoms with Crippen molar-refractivity contribution in [1.82, 2.24) is 4.98 Å². The van der Waals surface area contributed by atoms with E-state index in [1.165, 1.54) is 12.8 Å². The first-order valence-corrected chi connectivity index (χ1v) is 4.73. The first kappa shape index (κ1) is 8.78. The fourth-order valence-corrected chi connectivity index (χ4v) is 1.65. The first-order chi connectivity index (χ1) is 6.18. The Bertz CT molecular complexity index is 323. The minimum Gasteiger partial charge on any atom is -0.397 e. The van der Waals surface area contributed by atoms with Gasteiger partial charge in [-0.2, -0.15) is 0 Å². The molecule has 0 aliphatic heterocycles. The molecule has 4 N–H and O–H groups in total. The summed E-state index contributed by atoms with van der Waals surface area (Å²) in [6.07, 6.45) is 3.92. The average Bonchev–Trinajstić information content (AvgIpc) is 2.91. The van der Waals surface area contributed by atoms with Gasteiger partial charge in [0.2, 0.25) is 0 Å². The molecule has 0 spiro atoms. The average molecular weight is 198 g/mol. The molecule has 1 aliphatic rings. The number of hydrogen-bond acceptors (Lipinski definition) is 3. The summed E-state index contributed by atoms with van der Waals surface area (Å²) < 4.78 is 0. The van der Waals surface area contributed by atoms with Crippen LogP contribution in [0.5, 0.6) is 0 Å². The van der Waals surface area contributed by atoms with Crippen LogP contribution in [0.3, 0.4) is 0 Å². The Balaban J connectivity index is 2.31. The SMILES string of the molecule is Nc1cnc(Cl)c([C@H](N)C2CC2)c1. The molecule has 1 aromatic heterocycles. The second-order valence-electron chi connectivity index (χ2n) is 3.51. The molecule has 70 valence electrons. The predicted molar refractivity (Wildman–Crippen MR) is 53.3 cm³/mol. The first-order valence-electron chi connectivity index (χ1n) is 4.35. The van der Waals surface area contributed by atoms with Crippen LogP contribution in [0.2, 0.25) is 5.15 Å². The number of nitrogen functional groups attached to an aromatic ring is 1. The molecular formula is C9H12ClN3. The zero-order valence-electron chi connectivity index (χ0n) is 7.20. The van der Waals surface area contributed by atoms with Gasteiger partial charge < -0.3 is 11.5 Å². The fraction of sp³-hybridized carbons (Fsp3) is 0.444. The molecule has 2 rings (SSSR count). The predicted octanol–water partition coefficient (Wildman–Crippen LogP) is 1.73. The van der Waals surface area contributed by atoms with Gasteiger partial charge in [0.25, 0.3) is 0 Å². The molecule has 13 heavy (non-hydrogen) atoms. The third-order valence-corrected chi connectivity index (χ3v) is 2.69. The van der Waals surface area contributed by atoms with Crippen LogP contribution in [0.15, 0.2) is 12.3 Å². The topological polar surface area (TPSA) is 64.9 Å². The van der Waals surface area contributed by atoms with E-state index in [2.05, 4.69) is 4.98 Å². The zero-order valence-corrected chi connectivity index (χ0v) is 7.96. The second kappa shape index (κ2) is 3.16. The van der Waals surface area contributed by atoms with Crippen molar-refractivity contribution in [3.05, 3.63) is 23.0 Å². The monoisotopic (exact) mass is 197 g/mol. The molecule has 1 aromatic rings. The maximum absolute atomic E-state index is 5.99. The number of halogens is 1. The summed E-state index contributed by atoms with van der Waals surface area (Å²) in [6, 6.07) is 1.82. The van der Waals surface area contributed by atoms with Crippen LogP contribution in [0.25, 0.3) is 0 Å². The van der Waals surface area contributed by atoms with Gasteiger partial charge >= 0.3 is 0 Å². The molecule has 1 fully saturated rings. The summed E-state index contributed by atoms with van der Waals surface area (Å²) in [5.41, 5.74) is 13.1. The van der Waals surface area contributed by atoms with E-state index >= 15 is 0 Å². The number of rotatable bonds is 2. The number of anilines is 1. The van der Waals surface area contributed by atoms with E-state index in [1.54, 1.807) is 6.20 Å². The Morgan fingerprint density at radius 1 is 1.54 bits per heavy atom. The van der Waals surface area contributed by atoms with E-state index in [4.69, 9.17) is 23.1 Å². The molecule has 0 bridgehead atoms. The van der Waals surface area contributed by atoms with Crippen molar-refractivity contribution in [2.45, 2.75) is 18.9 Å². The lowest BCUT2D eigenvalue weighted by Gasteiger charge is -2.12. The molecule has 0 aromatic carbocycles. The highest BCUT2D eigenvalue weighted by molar-refractivity contribution is 6.30. The van der Waals surface area contributed by atoms with Crippen molar-refractivity contribution in [2.24, 2.45) is 11.7 Å². The molecule has 0 radical (unpaired) electrons. The van der Waals surface area contributed by atoms with Gasteiger partial charge in [-0.05, 0) is 24.8 Å². The molecule has 1 aliphatic carbocycles.